The molecule has 1 heterocycles. The van der Waals surface area contributed by atoms with Gasteiger partial charge in [0, 0.05) is 29.1 Å². The van der Waals surface area contributed by atoms with E-state index in [0.29, 0.717) is 10.5 Å². The minimum Gasteiger partial charge on any atom is -0.266 e. The zero-order valence-corrected chi connectivity index (χ0v) is 13.5. The second-order valence-corrected chi connectivity index (χ2v) is 7.11. The van der Waals surface area contributed by atoms with Crippen LogP contribution in [0.1, 0.15) is 28.4 Å². The van der Waals surface area contributed by atoms with Gasteiger partial charge in [0.2, 0.25) is 0 Å². The molecule has 0 N–H and O–H groups in total. The van der Waals surface area contributed by atoms with Crippen molar-refractivity contribution in [1.82, 2.24) is 4.98 Å². The number of hydrogen-bond donors (Lipinski definition) is 0. The van der Waals surface area contributed by atoms with Gasteiger partial charge < -0.3 is 0 Å². The molecule has 4 nitrogen and oxygen atoms in total. The van der Waals surface area contributed by atoms with E-state index in [1.54, 1.807) is 37.4 Å². The van der Waals surface area contributed by atoms with Gasteiger partial charge in [0.15, 0.2) is 0 Å². The molecule has 5 heteroatoms. The lowest BCUT2D eigenvalue weighted by atomic mass is 10.2. The molecule has 0 saturated carbocycles. The fourth-order valence-electron chi connectivity index (χ4n) is 1.88. The second kappa shape index (κ2) is 6.54. The van der Waals surface area contributed by atoms with Crippen LogP contribution in [0.5, 0.6) is 0 Å². The summed E-state index contributed by atoms with van der Waals surface area (Å²) >= 11 is 0. The summed E-state index contributed by atoms with van der Waals surface area (Å²) in [7, 11) is -2.79. The Hall–Kier alpha value is -2.45. The number of pyridine rings is 1. The number of aryl methyl sites for hydroxylation is 1. The summed E-state index contributed by atoms with van der Waals surface area (Å²) in [5.74, 6) is 5.01. The van der Waals surface area contributed by atoms with Crippen molar-refractivity contribution >= 4 is 15.6 Å². The van der Waals surface area contributed by atoms with Crippen LogP contribution >= 0.6 is 0 Å². The van der Waals surface area contributed by atoms with Crippen LogP contribution in [0.2, 0.25) is 0 Å². The van der Waals surface area contributed by atoms with Crippen molar-refractivity contribution < 1.29 is 9.00 Å². The van der Waals surface area contributed by atoms with Gasteiger partial charge in [-0.25, -0.2) is 4.21 Å². The maximum Gasteiger partial charge on any atom is 0.286 e. The fraction of sp³-hybridized carbons (Fsp3) is 0.176. The Morgan fingerprint density at radius 2 is 2.05 bits per heavy atom. The molecule has 0 radical (unpaired) electrons. The second-order valence-electron chi connectivity index (χ2n) is 4.85. The van der Waals surface area contributed by atoms with Crippen molar-refractivity contribution in [3.8, 4) is 11.8 Å². The molecule has 0 aliphatic rings. The van der Waals surface area contributed by atoms with E-state index in [-0.39, 0.29) is 5.56 Å². The van der Waals surface area contributed by atoms with E-state index in [4.69, 9.17) is 0 Å². The number of hydrogen-bond acceptors (Lipinski definition) is 3. The molecule has 1 unspecified atom stereocenters. The van der Waals surface area contributed by atoms with Gasteiger partial charge >= 0.3 is 0 Å². The van der Waals surface area contributed by atoms with Gasteiger partial charge in [-0.1, -0.05) is 18.1 Å². The smallest absolute Gasteiger partial charge is 0.266 e. The van der Waals surface area contributed by atoms with Crippen LogP contribution in [-0.4, -0.2) is 21.4 Å². The van der Waals surface area contributed by atoms with Crippen LogP contribution in [0, 0.1) is 18.8 Å². The maximum absolute atomic E-state index is 12.7. The third-order valence-electron chi connectivity index (χ3n) is 2.94. The number of nitrogens with zero attached hydrogens (tertiary/aromatic N) is 2. The van der Waals surface area contributed by atoms with E-state index in [1.165, 1.54) is 12.5 Å². The molecule has 0 saturated heterocycles. The largest absolute Gasteiger partial charge is 0.286 e. The molecule has 1 atom stereocenters. The maximum atomic E-state index is 12.7. The Kier molecular flexibility index (Phi) is 4.74. The standard InChI is InChI=1S/C17H16N2O2S/c1-4-6-14-10-15(12-18-11-14)17(20)19-22(3,21)16-8-5-7-13(2)9-16/h5,7-12H,1-3H3. The third-order valence-corrected chi connectivity index (χ3v) is 4.58. The molecule has 2 aromatic rings. The van der Waals surface area contributed by atoms with Crippen molar-refractivity contribution in [3.05, 3.63) is 59.4 Å². The first kappa shape index (κ1) is 15.9. The quantitative estimate of drug-likeness (QED) is 0.801. The van der Waals surface area contributed by atoms with Crippen molar-refractivity contribution in [3.63, 3.8) is 0 Å². The summed E-state index contributed by atoms with van der Waals surface area (Å²) in [4.78, 5) is 16.7. The molecule has 1 aromatic heterocycles. The Morgan fingerprint density at radius 3 is 2.73 bits per heavy atom. The summed E-state index contributed by atoms with van der Waals surface area (Å²) < 4.78 is 16.6. The molecular weight excluding hydrogens is 296 g/mol. The van der Waals surface area contributed by atoms with E-state index in [1.807, 2.05) is 13.0 Å². The van der Waals surface area contributed by atoms with Crippen LogP contribution in [0.25, 0.3) is 0 Å². The van der Waals surface area contributed by atoms with Gasteiger partial charge in [-0.2, -0.15) is 4.36 Å². The predicted octanol–water partition coefficient (Wildman–Crippen LogP) is 3.06. The van der Waals surface area contributed by atoms with Gasteiger partial charge in [-0.15, -0.1) is 5.92 Å². The lowest BCUT2D eigenvalue weighted by molar-refractivity contribution is 0.100. The zero-order valence-electron chi connectivity index (χ0n) is 12.7. The molecule has 22 heavy (non-hydrogen) atoms. The van der Waals surface area contributed by atoms with Crippen LogP contribution in [0.3, 0.4) is 0 Å². The highest BCUT2D eigenvalue weighted by atomic mass is 32.2. The Balaban J connectivity index is 2.42. The van der Waals surface area contributed by atoms with Gasteiger partial charge in [0.25, 0.3) is 5.91 Å². The Bertz CT molecular complexity index is 898. The van der Waals surface area contributed by atoms with Crippen molar-refractivity contribution in [2.45, 2.75) is 18.7 Å². The first-order valence-electron chi connectivity index (χ1n) is 6.63. The number of carbonyl (C=O) groups excluding carboxylic acids is 1. The monoisotopic (exact) mass is 312 g/mol. The molecule has 0 fully saturated rings. The summed E-state index contributed by atoms with van der Waals surface area (Å²) in [6.45, 7) is 3.60. The highest BCUT2D eigenvalue weighted by molar-refractivity contribution is 7.93. The predicted molar refractivity (Wildman–Crippen MR) is 87.1 cm³/mol. The van der Waals surface area contributed by atoms with Crippen LogP contribution < -0.4 is 0 Å². The SMILES string of the molecule is CC#Cc1cncc(C(=O)N=S(C)(=O)c2cccc(C)c2)c1. The lowest BCUT2D eigenvalue weighted by Crippen LogP contribution is -2.04. The van der Waals surface area contributed by atoms with E-state index in [9.17, 15) is 9.00 Å². The average Bonchev–Trinajstić information content (AvgIpc) is 2.47. The van der Waals surface area contributed by atoms with Crippen LogP contribution in [-0.2, 0) is 9.73 Å². The molecule has 112 valence electrons. The van der Waals surface area contributed by atoms with Gasteiger partial charge in [0.1, 0.15) is 0 Å². The first-order valence-corrected chi connectivity index (χ1v) is 8.56. The zero-order chi connectivity index (χ0) is 16.2. The molecule has 0 aliphatic heterocycles. The van der Waals surface area contributed by atoms with E-state index in [2.05, 4.69) is 21.2 Å². The average molecular weight is 312 g/mol. The Morgan fingerprint density at radius 1 is 1.27 bits per heavy atom. The summed E-state index contributed by atoms with van der Waals surface area (Å²) in [6.07, 6.45) is 4.43. The number of aromatic nitrogens is 1. The number of amides is 1. The van der Waals surface area contributed by atoms with Gasteiger partial charge in [-0.3, -0.25) is 9.78 Å². The molecule has 0 bridgehead atoms. The minimum absolute atomic E-state index is 0.280. The topological polar surface area (TPSA) is 59.4 Å². The van der Waals surface area contributed by atoms with E-state index >= 15 is 0 Å². The fourth-order valence-corrected chi connectivity index (χ4v) is 3.15. The molecule has 0 spiro atoms. The normalized spacial score (nSPS) is 12.7. The highest BCUT2D eigenvalue weighted by Crippen LogP contribution is 2.15. The summed E-state index contributed by atoms with van der Waals surface area (Å²) in [6, 6.07) is 8.78. The number of benzene rings is 1. The molecule has 0 aliphatic carbocycles. The van der Waals surface area contributed by atoms with Crippen molar-refractivity contribution in [2.75, 3.05) is 6.26 Å². The van der Waals surface area contributed by atoms with E-state index in [0.717, 1.165) is 5.56 Å². The summed E-state index contributed by atoms with van der Waals surface area (Å²) in [5.41, 5.74) is 1.88. The number of rotatable bonds is 2. The van der Waals surface area contributed by atoms with E-state index < -0.39 is 15.6 Å². The summed E-state index contributed by atoms with van der Waals surface area (Å²) in [5, 5.41) is 0. The third kappa shape index (κ3) is 3.80. The molecular formula is C17H16N2O2S. The van der Waals surface area contributed by atoms with Crippen LogP contribution in [0.4, 0.5) is 0 Å². The van der Waals surface area contributed by atoms with Gasteiger partial charge in [-0.05, 0) is 37.6 Å². The van der Waals surface area contributed by atoms with Gasteiger partial charge in [0.05, 0.1) is 15.3 Å². The first-order chi connectivity index (χ1) is 10.4. The van der Waals surface area contributed by atoms with Crippen molar-refractivity contribution in [1.29, 1.82) is 0 Å². The lowest BCUT2D eigenvalue weighted by Gasteiger charge is -2.05. The molecule has 2 rings (SSSR count). The van der Waals surface area contributed by atoms with Crippen molar-refractivity contribution in [2.24, 2.45) is 4.36 Å². The number of carbonyl (C=O) groups is 1. The minimum atomic E-state index is -2.79. The molecule has 1 aromatic carbocycles. The van der Waals surface area contributed by atoms with Crippen LogP contribution in [0.15, 0.2) is 52.0 Å². The Labute approximate surface area is 130 Å². The highest BCUT2D eigenvalue weighted by Gasteiger charge is 2.12. The molecule has 1 amide bonds.